The molecule has 0 saturated carbocycles. The molecule has 2 aliphatic heterocycles. The van der Waals surface area contributed by atoms with E-state index in [2.05, 4.69) is 29.0 Å². The van der Waals surface area contributed by atoms with E-state index >= 15 is 0 Å². The number of likely N-dealkylation sites (N-methyl/N-ethyl adjacent to an activating group) is 1. The van der Waals surface area contributed by atoms with Crippen molar-refractivity contribution < 1.29 is 4.79 Å². The topological polar surface area (TPSA) is 35.6 Å². The van der Waals surface area contributed by atoms with E-state index in [1.165, 1.54) is 25.9 Å². The Morgan fingerprint density at radius 2 is 1.89 bits per heavy atom. The van der Waals surface area contributed by atoms with Crippen molar-refractivity contribution in [2.45, 2.75) is 39.2 Å². The number of amides is 1. The quantitative estimate of drug-likeness (QED) is 0.792. The average molecular weight is 253 g/mol. The number of carbonyl (C=O) groups excluding carboxylic acids is 1. The molecule has 4 heteroatoms. The summed E-state index contributed by atoms with van der Waals surface area (Å²) in [5.74, 6) is 1.05. The smallest absolute Gasteiger partial charge is 0.239 e. The minimum absolute atomic E-state index is 0.0886. The second-order valence-corrected chi connectivity index (χ2v) is 5.56. The molecule has 1 unspecified atom stereocenters. The Morgan fingerprint density at radius 1 is 1.17 bits per heavy atom. The fourth-order valence-corrected chi connectivity index (χ4v) is 3.15. The SMILES string of the molecule is CCNC1CCN(CC2CCN(CC)CC2)C1=O. The first-order valence-electron chi connectivity index (χ1n) is 7.49. The van der Waals surface area contributed by atoms with Gasteiger partial charge in [-0.05, 0) is 51.4 Å². The number of piperidine rings is 1. The number of likely N-dealkylation sites (tertiary alicyclic amines) is 2. The molecule has 1 N–H and O–H groups in total. The van der Waals surface area contributed by atoms with Gasteiger partial charge in [0.2, 0.25) is 5.91 Å². The molecule has 104 valence electrons. The van der Waals surface area contributed by atoms with Crippen LogP contribution in [0.5, 0.6) is 0 Å². The van der Waals surface area contributed by atoms with Crippen LogP contribution in [-0.2, 0) is 4.79 Å². The van der Waals surface area contributed by atoms with Crippen LogP contribution in [0.2, 0.25) is 0 Å². The summed E-state index contributed by atoms with van der Waals surface area (Å²) in [6.07, 6.45) is 3.49. The molecule has 0 aromatic rings. The number of nitrogens with one attached hydrogen (secondary N) is 1. The van der Waals surface area contributed by atoms with Gasteiger partial charge in [-0.2, -0.15) is 0 Å². The van der Waals surface area contributed by atoms with Crippen molar-refractivity contribution in [2.24, 2.45) is 5.92 Å². The molecule has 1 amide bonds. The molecule has 0 radical (unpaired) electrons. The van der Waals surface area contributed by atoms with Crippen molar-refractivity contribution in [1.82, 2.24) is 15.1 Å². The molecule has 2 saturated heterocycles. The third-order valence-corrected chi connectivity index (χ3v) is 4.38. The Balaban J connectivity index is 1.76. The van der Waals surface area contributed by atoms with Gasteiger partial charge in [0.05, 0.1) is 6.04 Å². The first-order valence-corrected chi connectivity index (χ1v) is 7.49. The Labute approximate surface area is 111 Å². The molecular formula is C14H27N3O. The average Bonchev–Trinajstić information content (AvgIpc) is 2.73. The van der Waals surface area contributed by atoms with Gasteiger partial charge in [-0.15, -0.1) is 0 Å². The lowest BCUT2D eigenvalue weighted by molar-refractivity contribution is -0.130. The third kappa shape index (κ3) is 3.23. The van der Waals surface area contributed by atoms with Crippen LogP contribution < -0.4 is 5.32 Å². The van der Waals surface area contributed by atoms with E-state index in [1.54, 1.807) is 0 Å². The highest BCUT2D eigenvalue weighted by molar-refractivity contribution is 5.83. The summed E-state index contributed by atoms with van der Waals surface area (Å²) in [4.78, 5) is 16.7. The minimum atomic E-state index is 0.0886. The standard InChI is InChI=1S/C14H27N3O/c1-3-15-13-7-10-17(14(13)18)11-12-5-8-16(4-2)9-6-12/h12-13,15H,3-11H2,1-2H3. The highest BCUT2D eigenvalue weighted by Gasteiger charge is 2.32. The van der Waals surface area contributed by atoms with Crippen molar-refractivity contribution in [3.05, 3.63) is 0 Å². The maximum atomic E-state index is 12.1. The van der Waals surface area contributed by atoms with Crippen molar-refractivity contribution in [3.63, 3.8) is 0 Å². The summed E-state index contributed by atoms with van der Waals surface area (Å²) >= 11 is 0. The lowest BCUT2D eigenvalue weighted by Crippen LogP contribution is -2.42. The summed E-state index contributed by atoms with van der Waals surface area (Å²) < 4.78 is 0. The predicted molar refractivity (Wildman–Crippen MR) is 73.5 cm³/mol. The Kier molecular flexibility index (Phi) is 5.01. The van der Waals surface area contributed by atoms with Gasteiger partial charge in [-0.3, -0.25) is 4.79 Å². The minimum Gasteiger partial charge on any atom is -0.341 e. The van der Waals surface area contributed by atoms with E-state index < -0.39 is 0 Å². The van der Waals surface area contributed by atoms with Crippen LogP contribution >= 0.6 is 0 Å². The Bertz CT molecular complexity index is 274. The molecule has 2 fully saturated rings. The second-order valence-electron chi connectivity index (χ2n) is 5.56. The van der Waals surface area contributed by atoms with Crippen LogP contribution in [0.25, 0.3) is 0 Å². The molecular weight excluding hydrogens is 226 g/mol. The van der Waals surface area contributed by atoms with E-state index in [-0.39, 0.29) is 6.04 Å². The third-order valence-electron chi connectivity index (χ3n) is 4.38. The highest BCUT2D eigenvalue weighted by Crippen LogP contribution is 2.21. The normalized spacial score (nSPS) is 27.1. The second kappa shape index (κ2) is 6.53. The molecule has 0 spiro atoms. The van der Waals surface area contributed by atoms with Crippen LogP contribution in [0.4, 0.5) is 0 Å². The monoisotopic (exact) mass is 253 g/mol. The molecule has 2 aliphatic rings. The van der Waals surface area contributed by atoms with Crippen LogP contribution in [0.1, 0.15) is 33.1 Å². The fourth-order valence-electron chi connectivity index (χ4n) is 3.15. The number of hydrogen-bond donors (Lipinski definition) is 1. The first-order chi connectivity index (χ1) is 8.74. The van der Waals surface area contributed by atoms with E-state index in [0.29, 0.717) is 5.91 Å². The van der Waals surface area contributed by atoms with Crippen LogP contribution in [0, 0.1) is 5.92 Å². The zero-order chi connectivity index (χ0) is 13.0. The zero-order valence-corrected chi connectivity index (χ0v) is 11.8. The van der Waals surface area contributed by atoms with E-state index in [0.717, 1.165) is 38.5 Å². The van der Waals surface area contributed by atoms with Crippen LogP contribution in [0.3, 0.4) is 0 Å². The van der Waals surface area contributed by atoms with Gasteiger partial charge in [0.25, 0.3) is 0 Å². The maximum Gasteiger partial charge on any atom is 0.239 e. The van der Waals surface area contributed by atoms with Gasteiger partial charge in [0.1, 0.15) is 0 Å². The predicted octanol–water partition coefficient (Wildman–Crippen LogP) is 0.929. The van der Waals surface area contributed by atoms with Gasteiger partial charge >= 0.3 is 0 Å². The van der Waals surface area contributed by atoms with Crippen molar-refractivity contribution in [1.29, 1.82) is 0 Å². The van der Waals surface area contributed by atoms with Gasteiger partial charge in [0, 0.05) is 13.1 Å². The van der Waals surface area contributed by atoms with Crippen molar-refractivity contribution in [2.75, 3.05) is 39.3 Å². The summed E-state index contributed by atoms with van der Waals surface area (Å²) in [5, 5.41) is 3.28. The van der Waals surface area contributed by atoms with Crippen molar-refractivity contribution in [3.8, 4) is 0 Å². The highest BCUT2D eigenvalue weighted by atomic mass is 16.2. The molecule has 18 heavy (non-hydrogen) atoms. The summed E-state index contributed by atoms with van der Waals surface area (Å²) in [5.41, 5.74) is 0. The van der Waals surface area contributed by atoms with Gasteiger partial charge in [-0.1, -0.05) is 13.8 Å². The van der Waals surface area contributed by atoms with Crippen LogP contribution in [0.15, 0.2) is 0 Å². The lowest BCUT2D eigenvalue weighted by Gasteiger charge is -2.33. The van der Waals surface area contributed by atoms with Crippen LogP contribution in [-0.4, -0.2) is 61.0 Å². The van der Waals surface area contributed by atoms with Gasteiger partial charge in [-0.25, -0.2) is 0 Å². The molecule has 4 nitrogen and oxygen atoms in total. The number of hydrogen-bond acceptors (Lipinski definition) is 3. The molecule has 0 aromatic heterocycles. The molecule has 0 aromatic carbocycles. The van der Waals surface area contributed by atoms with Crippen molar-refractivity contribution >= 4 is 5.91 Å². The van der Waals surface area contributed by atoms with E-state index in [9.17, 15) is 4.79 Å². The molecule has 0 aliphatic carbocycles. The largest absolute Gasteiger partial charge is 0.341 e. The summed E-state index contributed by atoms with van der Waals surface area (Å²) in [7, 11) is 0. The molecule has 2 rings (SSSR count). The molecule has 2 heterocycles. The number of carbonyl (C=O) groups is 1. The van der Waals surface area contributed by atoms with E-state index in [1.807, 2.05) is 0 Å². The first kappa shape index (κ1) is 13.8. The maximum absolute atomic E-state index is 12.1. The summed E-state index contributed by atoms with van der Waals surface area (Å²) in [6, 6.07) is 0.0886. The lowest BCUT2D eigenvalue weighted by atomic mass is 9.96. The number of nitrogens with zero attached hydrogens (tertiary/aromatic N) is 2. The van der Waals surface area contributed by atoms with Gasteiger partial charge < -0.3 is 15.1 Å². The summed E-state index contributed by atoms with van der Waals surface area (Å²) in [6.45, 7) is 10.7. The zero-order valence-electron chi connectivity index (χ0n) is 11.8. The van der Waals surface area contributed by atoms with E-state index in [4.69, 9.17) is 0 Å². The Hall–Kier alpha value is -0.610. The number of rotatable bonds is 5. The molecule has 0 bridgehead atoms. The van der Waals surface area contributed by atoms with Gasteiger partial charge in [0.15, 0.2) is 0 Å². The Morgan fingerprint density at radius 3 is 2.50 bits per heavy atom. The molecule has 1 atom stereocenters. The fraction of sp³-hybridized carbons (Fsp3) is 0.929.